The van der Waals surface area contributed by atoms with Gasteiger partial charge in [0.1, 0.15) is 0 Å². The lowest BCUT2D eigenvalue weighted by molar-refractivity contribution is 0.0699. The number of nitrogens with zero attached hydrogens (tertiary/aromatic N) is 2. The van der Waals surface area contributed by atoms with E-state index in [1.54, 1.807) is 18.2 Å². The van der Waals surface area contributed by atoms with Crippen molar-refractivity contribution in [3.8, 4) is 11.3 Å². The molecule has 1 aliphatic rings. The predicted octanol–water partition coefficient (Wildman–Crippen LogP) is 5.49. The van der Waals surface area contributed by atoms with E-state index in [4.69, 9.17) is 16.6 Å². The maximum Gasteiger partial charge on any atom is 0.338 e. The van der Waals surface area contributed by atoms with Gasteiger partial charge in [0.2, 0.25) is 0 Å². The molecule has 1 aromatic heterocycles. The number of fused-ring (bicyclic) bond motifs is 1. The first-order valence-corrected chi connectivity index (χ1v) is 9.59. The number of hydrogen-bond donors (Lipinski definition) is 1. The number of aromatic carboxylic acids is 1. The summed E-state index contributed by atoms with van der Waals surface area (Å²) in [6.07, 6.45) is 2.09. The quantitative estimate of drug-likeness (QED) is 0.652. The molecule has 0 atom stereocenters. The smallest absolute Gasteiger partial charge is 0.338 e. The van der Waals surface area contributed by atoms with Crippen LogP contribution < -0.4 is 4.90 Å². The summed E-state index contributed by atoms with van der Waals surface area (Å²) in [5, 5.41) is 11.2. The minimum Gasteiger partial charge on any atom is -0.478 e. The molecule has 0 spiro atoms. The summed E-state index contributed by atoms with van der Waals surface area (Å²) in [5.74, 6) is -0.298. The highest BCUT2D eigenvalue weighted by molar-refractivity contribution is 6.31. The van der Waals surface area contributed by atoms with Crippen LogP contribution in [-0.4, -0.2) is 29.1 Å². The number of aromatic nitrogens is 1. The van der Waals surface area contributed by atoms with Crippen LogP contribution in [-0.2, 0) is 0 Å². The van der Waals surface area contributed by atoms with Gasteiger partial charge in [-0.05, 0) is 37.0 Å². The molecule has 0 amide bonds. The lowest BCUT2D eigenvalue weighted by Crippen LogP contribution is -2.34. The number of anilines is 1. The second-order valence-corrected chi connectivity index (χ2v) is 7.62. The molecule has 1 saturated heterocycles. The first-order valence-electron chi connectivity index (χ1n) is 9.21. The molecule has 1 N–H and O–H groups in total. The zero-order chi connectivity index (χ0) is 19.0. The van der Waals surface area contributed by atoms with E-state index in [1.165, 1.54) is 0 Å². The van der Waals surface area contributed by atoms with E-state index in [-0.39, 0.29) is 5.56 Å². The van der Waals surface area contributed by atoms with Crippen LogP contribution in [0.15, 0.2) is 48.5 Å². The standard InChI is InChI=1S/C22H21ClN2O2/c1-14-9-11-25(12-10-14)21-19(22(26)27)17-13-16(23)7-8-18(17)24-20(21)15-5-3-2-4-6-15/h2-8,13-14H,9-12H2,1H3,(H,26,27). The Balaban J connectivity index is 2.03. The Morgan fingerprint density at radius 3 is 2.52 bits per heavy atom. The van der Waals surface area contributed by atoms with Crippen molar-refractivity contribution in [1.29, 1.82) is 0 Å². The molecule has 1 fully saturated rings. The normalized spacial score (nSPS) is 15.3. The number of carboxylic acids is 1. The van der Waals surface area contributed by atoms with Crippen molar-refractivity contribution in [2.24, 2.45) is 5.92 Å². The number of rotatable bonds is 3. The SMILES string of the molecule is CC1CCN(c2c(-c3ccccc3)nc3ccc(Cl)cc3c2C(=O)O)CC1. The van der Waals surface area contributed by atoms with Crippen molar-refractivity contribution < 1.29 is 9.90 Å². The first-order chi connectivity index (χ1) is 13.0. The third kappa shape index (κ3) is 3.37. The molecular weight excluding hydrogens is 360 g/mol. The van der Waals surface area contributed by atoms with E-state index in [1.807, 2.05) is 30.3 Å². The Morgan fingerprint density at radius 1 is 1.15 bits per heavy atom. The van der Waals surface area contributed by atoms with E-state index in [9.17, 15) is 9.90 Å². The van der Waals surface area contributed by atoms with Crippen LogP contribution in [0.5, 0.6) is 0 Å². The fourth-order valence-electron chi connectivity index (χ4n) is 3.78. The molecule has 0 bridgehead atoms. The zero-order valence-electron chi connectivity index (χ0n) is 15.2. The minimum atomic E-state index is -0.949. The van der Waals surface area contributed by atoms with Gasteiger partial charge in [0.25, 0.3) is 0 Å². The van der Waals surface area contributed by atoms with Gasteiger partial charge in [-0.3, -0.25) is 0 Å². The van der Waals surface area contributed by atoms with E-state index in [0.717, 1.165) is 37.2 Å². The van der Waals surface area contributed by atoms with Gasteiger partial charge < -0.3 is 10.0 Å². The molecule has 3 aromatic rings. The highest BCUT2D eigenvalue weighted by Crippen LogP contribution is 2.39. The largest absolute Gasteiger partial charge is 0.478 e. The molecule has 4 rings (SSSR count). The molecule has 2 heterocycles. The maximum atomic E-state index is 12.3. The zero-order valence-corrected chi connectivity index (χ0v) is 15.9. The molecule has 2 aromatic carbocycles. The van der Waals surface area contributed by atoms with Crippen LogP contribution in [0.4, 0.5) is 5.69 Å². The van der Waals surface area contributed by atoms with Crippen LogP contribution in [0, 0.1) is 5.92 Å². The van der Waals surface area contributed by atoms with E-state index >= 15 is 0 Å². The Hall–Kier alpha value is -2.59. The molecular formula is C22H21ClN2O2. The molecule has 1 aliphatic heterocycles. The third-order valence-corrected chi connectivity index (χ3v) is 5.52. The second kappa shape index (κ2) is 7.20. The summed E-state index contributed by atoms with van der Waals surface area (Å²) >= 11 is 6.18. The van der Waals surface area contributed by atoms with Gasteiger partial charge in [-0.25, -0.2) is 9.78 Å². The molecule has 0 aliphatic carbocycles. The van der Waals surface area contributed by atoms with Gasteiger partial charge in [0.15, 0.2) is 0 Å². The van der Waals surface area contributed by atoms with Gasteiger partial charge >= 0.3 is 5.97 Å². The Bertz CT molecular complexity index is 996. The highest BCUT2D eigenvalue weighted by atomic mass is 35.5. The van der Waals surface area contributed by atoms with E-state index in [2.05, 4.69) is 11.8 Å². The molecule has 4 nitrogen and oxygen atoms in total. The van der Waals surface area contributed by atoms with Crippen LogP contribution in [0.1, 0.15) is 30.1 Å². The van der Waals surface area contributed by atoms with Crippen molar-refractivity contribution in [3.05, 3.63) is 59.1 Å². The second-order valence-electron chi connectivity index (χ2n) is 7.19. The maximum absolute atomic E-state index is 12.3. The summed E-state index contributed by atoms with van der Waals surface area (Å²) < 4.78 is 0. The van der Waals surface area contributed by atoms with Crippen LogP contribution >= 0.6 is 11.6 Å². The van der Waals surface area contributed by atoms with Crippen molar-refractivity contribution in [1.82, 2.24) is 4.98 Å². The summed E-state index contributed by atoms with van der Waals surface area (Å²) in [6.45, 7) is 3.90. The number of piperidine rings is 1. The number of halogens is 1. The summed E-state index contributed by atoms with van der Waals surface area (Å²) in [4.78, 5) is 19.4. The van der Waals surface area contributed by atoms with Crippen molar-refractivity contribution >= 4 is 34.2 Å². The Morgan fingerprint density at radius 2 is 1.85 bits per heavy atom. The number of carbonyl (C=O) groups is 1. The number of carboxylic acid groups (broad SMARTS) is 1. The molecule has 138 valence electrons. The van der Waals surface area contributed by atoms with E-state index < -0.39 is 5.97 Å². The topological polar surface area (TPSA) is 53.4 Å². The average molecular weight is 381 g/mol. The Labute approximate surface area is 163 Å². The average Bonchev–Trinajstić information content (AvgIpc) is 2.67. The summed E-state index contributed by atoms with van der Waals surface area (Å²) in [7, 11) is 0. The molecule has 0 radical (unpaired) electrons. The fraction of sp³-hybridized carbons (Fsp3) is 0.273. The van der Waals surface area contributed by atoms with E-state index in [0.29, 0.717) is 27.5 Å². The molecule has 0 unspecified atom stereocenters. The van der Waals surface area contributed by atoms with Gasteiger partial charge in [0, 0.05) is 29.1 Å². The van der Waals surface area contributed by atoms with Crippen LogP contribution in [0.2, 0.25) is 5.02 Å². The third-order valence-electron chi connectivity index (χ3n) is 5.28. The molecule has 0 saturated carbocycles. The molecule has 27 heavy (non-hydrogen) atoms. The van der Waals surface area contributed by atoms with Gasteiger partial charge in [0.05, 0.1) is 22.5 Å². The van der Waals surface area contributed by atoms with Crippen molar-refractivity contribution in [2.45, 2.75) is 19.8 Å². The lowest BCUT2D eigenvalue weighted by Gasteiger charge is -2.34. The molecule has 5 heteroatoms. The summed E-state index contributed by atoms with van der Waals surface area (Å²) in [6, 6.07) is 15.1. The Kier molecular flexibility index (Phi) is 4.75. The predicted molar refractivity (Wildman–Crippen MR) is 110 cm³/mol. The monoisotopic (exact) mass is 380 g/mol. The minimum absolute atomic E-state index is 0.288. The summed E-state index contributed by atoms with van der Waals surface area (Å²) in [5.41, 5.74) is 3.28. The van der Waals surface area contributed by atoms with Gasteiger partial charge in [-0.2, -0.15) is 0 Å². The van der Waals surface area contributed by atoms with Gasteiger partial charge in [-0.15, -0.1) is 0 Å². The number of benzene rings is 2. The van der Waals surface area contributed by atoms with Crippen molar-refractivity contribution in [3.63, 3.8) is 0 Å². The highest BCUT2D eigenvalue weighted by Gasteiger charge is 2.27. The fourth-order valence-corrected chi connectivity index (χ4v) is 3.95. The van der Waals surface area contributed by atoms with Crippen molar-refractivity contribution in [2.75, 3.05) is 18.0 Å². The van der Waals surface area contributed by atoms with Crippen LogP contribution in [0.25, 0.3) is 22.2 Å². The van der Waals surface area contributed by atoms with Crippen LogP contribution in [0.3, 0.4) is 0 Å². The number of pyridine rings is 1. The van der Waals surface area contributed by atoms with Gasteiger partial charge in [-0.1, -0.05) is 48.9 Å². The first kappa shape index (κ1) is 17.8. The lowest BCUT2D eigenvalue weighted by atomic mass is 9.95. The number of hydrogen-bond acceptors (Lipinski definition) is 3.